The van der Waals surface area contributed by atoms with Gasteiger partial charge in [-0.3, -0.25) is 4.79 Å². The smallest absolute Gasteiger partial charge is 0.351 e. The van der Waals surface area contributed by atoms with Gasteiger partial charge in [-0.2, -0.15) is 13.2 Å². The molecule has 0 N–H and O–H groups in total. The summed E-state index contributed by atoms with van der Waals surface area (Å²) >= 11 is 1.03. The zero-order valence-electron chi connectivity index (χ0n) is 12.4. The molecule has 124 valence electrons. The number of alkyl halides is 3. The molecule has 0 radical (unpaired) electrons. The first kappa shape index (κ1) is 16.0. The summed E-state index contributed by atoms with van der Waals surface area (Å²) in [6.07, 6.45) is 0.245. The monoisotopic (exact) mass is 344 g/mol. The molecule has 0 bridgehead atoms. The average molecular weight is 344 g/mol. The van der Waals surface area contributed by atoms with Crippen LogP contribution in [0.25, 0.3) is 0 Å². The van der Waals surface area contributed by atoms with E-state index in [1.165, 1.54) is 4.57 Å². The zero-order valence-corrected chi connectivity index (χ0v) is 13.2. The SMILES string of the molecule is Cn1ccnc(N2CCC[C@@H](c3nc(C(F)(F)F)cs3)C2)c1=O. The fraction of sp³-hybridized carbons (Fsp3) is 0.500. The minimum Gasteiger partial charge on any atom is -0.351 e. The van der Waals surface area contributed by atoms with Crippen molar-refractivity contribution >= 4 is 17.2 Å². The van der Waals surface area contributed by atoms with Crippen LogP contribution in [-0.2, 0) is 13.2 Å². The first-order valence-corrected chi connectivity index (χ1v) is 8.03. The van der Waals surface area contributed by atoms with Crippen molar-refractivity contribution in [3.8, 4) is 0 Å². The number of piperidine rings is 1. The second kappa shape index (κ2) is 5.95. The number of nitrogens with zero attached hydrogens (tertiary/aromatic N) is 4. The van der Waals surface area contributed by atoms with Crippen molar-refractivity contribution in [1.82, 2.24) is 14.5 Å². The quantitative estimate of drug-likeness (QED) is 0.840. The van der Waals surface area contributed by atoms with Crippen LogP contribution in [0.1, 0.15) is 29.5 Å². The predicted molar refractivity (Wildman–Crippen MR) is 80.8 cm³/mol. The Morgan fingerprint density at radius 2 is 2.17 bits per heavy atom. The molecule has 5 nitrogen and oxygen atoms in total. The molecule has 1 fully saturated rings. The Balaban J connectivity index is 1.82. The van der Waals surface area contributed by atoms with Gasteiger partial charge >= 0.3 is 6.18 Å². The van der Waals surface area contributed by atoms with E-state index in [0.29, 0.717) is 23.9 Å². The van der Waals surface area contributed by atoms with Crippen LogP contribution < -0.4 is 10.5 Å². The maximum absolute atomic E-state index is 12.7. The zero-order chi connectivity index (χ0) is 16.6. The van der Waals surface area contributed by atoms with E-state index in [9.17, 15) is 18.0 Å². The molecular formula is C14H15F3N4OS. The van der Waals surface area contributed by atoms with Crippen molar-refractivity contribution < 1.29 is 13.2 Å². The normalized spacial score (nSPS) is 19.1. The maximum atomic E-state index is 12.7. The van der Waals surface area contributed by atoms with Crippen LogP contribution in [0.3, 0.4) is 0 Å². The lowest BCUT2D eigenvalue weighted by atomic mass is 9.99. The van der Waals surface area contributed by atoms with Gasteiger partial charge in [-0.05, 0) is 12.8 Å². The van der Waals surface area contributed by atoms with E-state index in [4.69, 9.17) is 0 Å². The highest BCUT2D eigenvalue weighted by molar-refractivity contribution is 7.09. The van der Waals surface area contributed by atoms with Gasteiger partial charge in [0.2, 0.25) is 0 Å². The Kier molecular flexibility index (Phi) is 4.13. The molecule has 1 saturated heterocycles. The van der Waals surface area contributed by atoms with Crippen LogP contribution >= 0.6 is 11.3 Å². The summed E-state index contributed by atoms with van der Waals surface area (Å²) in [5.74, 6) is 0.226. The van der Waals surface area contributed by atoms with Crippen molar-refractivity contribution in [1.29, 1.82) is 0 Å². The number of aryl methyl sites for hydroxylation is 1. The van der Waals surface area contributed by atoms with Gasteiger partial charge in [0, 0.05) is 43.8 Å². The summed E-state index contributed by atoms with van der Waals surface area (Å²) in [5, 5.41) is 1.52. The van der Waals surface area contributed by atoms with Crippen molar-refractivity contribution in [2.45, 2.75) is 24.9 Å². The van der Waals surface area contributed by atoms with Gasteiger partial charge in [0.05, 0.1) is 5.01 Å². The highest BCUT2D eigenvalue weighted by Crippen LogP contribution is 2.35. The van der Waals surface area contributed by atoms with E-state index in [0.717, 1.165) is 29.6 Å². The minimum absolute atomic E-state index is 0.114. The summed E-state index contributed by atoms with van der Waals surface area (Å²) in [7, 11) is 1.64. The van der Waals surface area contributed by atoms with Gasteiger partial charge in [-0.15, -0.1) is 11.3 Å². The van der Waals surface area contributed by atoms with E-state index < -0.39 is 11.9 Å². The summed E-state index contributed by atoms with van der Waals surface area (Å²) in [6, 6.07) is 0. The maximum Gasteiger partial charge on any atom is 0.434 e. The Hall–Kier alpha value is -1.90. The summed E-state index contributed by atoms with van der Waals surface area (Å²) in [4.78, 5) is 21.8. The Bertz CT molecular complexity index is 755. The number of hydrogen-bond donors (Lipinski definition) is 0. The number of anilines is 1. The van der Waals surface area contributed by atoms with Crippen LogP contribution in [0, 0.1) is 0 Å². The fourth-order valence-corrected chi connectivity index (χ4v) is 3.63. The van der Waals surface area contributed by atoms with Crippen LogP contribution in [0.4, 0.5) is 19.0 Å². The molecule has 0 spiro atoms. The van der Waals surface area contributed by atoms with Gasteiger partial charge in [-0.1, -0.05) is 0 Å². The second-order valence-corrected chi connectivity index (χ2v) is 6.41. The van der Waals surface area contributed by atoms with Crippen molar-refractivity contribution in [2.75, 3.05) is 18.0 Å². The van der Waals surface area contributed by atoms with Crippen LogP contribution in [0.5, 0.6) is 0 Å². The minimum atomic E-state index is -4.42. The van der Waals surface area contributed by atoms with Crippen molar-refractivity contribution in [3.05, 3.63) is 38.8 Å². The largest absolute Gasteiger partial charge is 0.434 e. The van der Waals surface area contributed by atoms with Gasteiger partial charge < -0.3 is 9.47 Å². The number of thiazole rings is 1. The molecule has 1 aliphatic rings. The Morgan fingerprint density at radius 1 is 1.39 bits per heavy atom. The topological polar surface area (TPSA) is 51.0 Å². The van der Waals surface area contributed by atoms with Gasteiger partial charge in [0.15, 0.2) is 11.5 Å². The van der Waals surface area contributed by atoms with Crippen molar-refractivity contribution in [2.24, 2.45) is 7.05 Å². The molecule has 3 rings (SSSR count). The lowest BCUT2D eigenvalue weighted by molar-refractivity contribution is -0.140. The molecule has 0 aliphatic carbocycles. The van der Waals surface area contributed by atoms with Gasteiger partial charge in [0.1, 0.15) is 0 Å². The van der Waals surface area contributed by atoms with Crippen molar-refractivity contribution in [3.63, 3.8) is 0 Å². The van der Waals surface area contributed by atoms with Gasteiger partial charge in [-0.25, -0.2) is 9.97 Å². The lowest BCUT2D eigenvalue weighted by Crippen LogP contribution is -2.39. The molecule has 0 saturated carbocycles. The van der Waals surface area contributed by atoms with Gasteiger partial charge in [0.25, 0.3) is 5.56 Å². The van der Waals surface area contributed by atoms with E-state index in [1.54, 1.807) is 19.4 Å². The van der Waals surface area contributed by atoms with E-state index >= 15 is 0 Å². The second-order valence-electron chi connectivity index (χ2n) is 5.52. The molecule has 9 heteroatoms. The predicted octanol–water partition coefficient (Wildman–Crippen LogP) is 2.64. The van der Waals surface area contributed by atoms with Crippen LogP contribution in [0.2, 0.25) is 0 Å². The van der Waals surface area contributed by atoms with E-state index in [1.807, 2.05) is 4.90 Å². The molecule has 1 aliphatic heterocycles. The van der Waals surface area contributed by atoms with E-state index in [-0.39, 0.29) is 11.5 Å². The molecule has 2 aromatic rings. The number of halogens is 3. The number of aromatic nitrogens is 3. The highest BCUT2D eigenvalue weighted by atomic mass is 32.1. The molecule has 0 amide bonds. The molecule has 0 aromatic carbocycles. The first-order chi connectivity index (χ1) is 10.9. The summed E-state index contributed by atoms with van der Waals surface area (Å²) in [5.41, 5.74) is -1.05. The average Bonchev–Trinajstić information content (AvgIpc) is 3.00. The fourth-order valence-electron chi connectivity index (χ4n) is 2.68. The third-order valence-corrected chi connectivity index (χ3v) is 4.89. The summed E-state index contributed by atoms with van der Waals surface area (Å²) < 4.78 is 39.5. The third-order valence-electron chi connectivity index (χ3n) is 3.88. The number of hydrogen-bond acceptors (Lipinski definition) is 5. The standard InChI is InChI=1S/C14H15F3N4OS/c1-20-6-4-18-11(13(20)22)21-5-2-3-9(7-21)12-19-10(8-23-12)14(15,16)17/h4,6,8-9H,2-3,5,7H2,1H3/t9-/m1/s1. The molecule has 1 atom stereocenters. The molecule has 2 aromatic heterocycles. The van der Waals surface area contributed by atoms with E-state index in [2.05, 4.69) is 9.97 Å². The Morgan fingerprint density at radius 3 is 2.87 bits per heavy atom. The molecule has 0 unspecified atom stereocenters. The lowest BCUT2D eigenvalue weighted by Gasteiger charge is -2.32. The van der Waals surface area contributed by atoms with Crippen LogP contribution in [0.15, 0.2) is 22.6 Å². The highest BCUT2D eigenvalue weighted by Gasteiger charge is 2.35. The molecule has 23 heavy (non-hydrogen) atoms. The third kappa shape index (κ3) is 3.24. The Labute approximate surface area is 134 Å². The molecule has 3 heterocycles. The molecular weight excluding hydrogens is 329 g/mol. The van der Waals surface area contributed by atoms with Crippen LogP contribution in [-0.4, -0.2) is 27.6 Å². The summed E-state index contributed by atoms with van der Waals surface area (Å²) in [6.45, 7) is 1.12. The number of rotatable bonds is 2. The first-order valence-electron chi connectivity index (χ1n) is 7.15.